The number of thioether (sulfide) groups is 1. The third kappa shape index (κ3) is 2.37. The monoisotopic (exact) mass is 297 g/mol. The van der Waals surface area contributed by atoms with E-state index in [9.17, 15) is 0 Å². The van der Waals surface area contributed by atoms with E-state index in [1.165, 1.54) is 16.7 Å². The van der Waals surface area contributed by atoms with Crippen molar-refractivity contribution in [1.29, 1.82) is 0 Å². The van der Waals surface area contributed by atoms with E-state index in [4.69, 9.17) is 16.3 Å². The van der Waals surface area contributed by atoms with Crippen molar-refractivity contribution >= 4 is 23.4 Å². The molecule has 2 atom stereocenters. The van der Waals surface area contributed by atoms with Crippen molar-refractivity contribution in [1.82, 2.24) is 5.32 Å². The number of nitrogens with one attached hydrogen (secondary N) is 1. The summed E-state index contributed by atoms with van der Waals surface area (Å²) in [5.74, 6) is 2.13. The minimum Gasteiger partial charge on any atom is -0.493 e. The van der Waals surface area contributed by atoms with Crippen LogP contribution in [-0.2, 0) is 12.2 Å². The van der Waals surface area contributed by atoms with Crippen LogP contribution in [0.2, 0.25) is 5.02 Å². The van der Waals surface area contributed by atoms with Crippen LogP contribution in [0.1, 0.15) is 43.0 Å². The van der Waals surface area contributed by atoms with Crippen LogP contribution in [0.5, 0.6) is 5.75 Å². The van der Waals surface area contributed by atoms with Crippen molar-refractivity contribution in [2.75, 3.05) is 13.2 Å². The zero-order chi connectivity index (χ0) is 13.4. The van der Waals surface area contributed by atoms with Crippen LogP contribution in [-0.4, -0.2) is 18.4 Å². The van der Waals surface area contributed by atoms with Crippen molar-refractivity contribution in [3.63, 3.8) is 0 Å². The van der Waals surface area contributed by atoms with Crippen molar-refractivity contribution in [2.24, 2.45) is 0 Å². The Hall–Kier alpha value is -0.380. The summed E-state index contributed by atoms with van der Waals surface area (Å²) in [5.41, 5.74) is 3.90. The molecule has 1 aromatic carbocycles. The van der Waals surface area contributed by atoms with Gasteiger partial charge in [-0.25, -0.2) is 0 Å². The molecule has 2 aliphatic rings. The number of halogens is 1. The lowest BCUT2D eigenvalue weighted by Gasteiger charge is -2.33. The fourth-order valence-corrected chi connectivity index (χ4v) is 4.48. The molecule has 2 unspecified atom stereocenters. The van der Waals surface area contributed by atoms with Gasteiger partial charge in [0, 0.05) is 34.1 Å². The maximum absolute atomic E-state index is 6.56. The zero-order valence-corrected chi connectivity index (χ0v) is 13.0. The molecule has 0 spiro atoms. The van der Waals surface area contributed by atoms with Gasteiger partial charge < -0.3 is 10.1 Å². The van der Waals surface area contributed by atoms with Gasteiger partial charge in [0.1, 0.15) is 5.75 Å². The van der Waals surface area contributed by atoms with Gasteiger partial charge in [-0.3, -0.25) is 0 Å². The Bertz CT molecular complexity index is 492. The Morgan fingerprint density at radius 3 is 3.16 bits per heavy atom. The van der Waals surface area contributed by atoms with Gasteiger partial charge in [-0.15, -0.1) is 0 Å². The second-order valence-electron chi connectivity index (χ2n) is 5.29. The molecule has 1 N–H and O–H groups in total. The van der Waals surface area contributed by atoms with Gasteiger partial charge >= 0.3 is 0 Å². The second kappa shape index (κ2) is 5.55. The molecule has 0 radical (unpaired) electrons. The van der Waals surface area contributed by atoms with Gasteiger partial charge in [-0.05, 0) is 30.2 Å². The predicted molar refractivity (Wildman–Crippen MR) is 82.4 cm³/mol. The Labute approximate surface area is 124 Å². The molecule has 2 aliphatic heterocycles. The molecule has 0 bridgehead atoms. The highest BCUT2D eigenvalue weighted by Gasteiger charge is 2.33. The van der Waals surface area contributed by atoms with Crippen LogP contribution in [0.3, 0.4) is 0 Å². The van der Waals surface area contributed by atoms with Crippen LogP contribution >= 0.6 is 23.4 Å². The molecule has 0 saturated heterocycles. The number of hydrogen-bond donors (Lipinski definition) is 1. The first-order valence-electron chi connectivity index (χ1n) is 7.04. The summed E-state index contributed by atoms with van der Waals surface area (Å²) < 4.78 is 5.84. The average molecular weight is 298 g/mol. The van der Waals surface area contributed by atoms with Crippen LogP contribution in [0, 0.1) is 0 Å². The molecule has 0 aromatic heterocycles. The maximum atomic E-state index is 6.56. The molecule has 2 heterocycles. The van der Waals surface area contributed by atoms with E-state index in [1.54, 1.807) is 0 Å². The summed E-state index contributed by atoms with van der Waals surface area (Å²) >= 11 is 8.55. The Balaban J connectivity index is 2.04. The number of hydrogen-bond acceptors (Lipinski definition) is 3. The third-order valence-corrected chi connectivity index (χ3v) is 5.52. The summed E-state index contributed by atoms with van der Waals surface area (Å²) in [5, 5.41) is 5.12. The van der Waals surface area contributed by atoms with Crippen LogP contribution in [0.4, 0.5) is 0 Å². The van der Waals surface area contributed by atoms with E-state index < -0.39 is 0 Å². The van der Waals surface area contributed by atoms with E-state index >= 15 is 0 Å². The number of fused-ring (bicyclic) bond motifs is 3. The third-order valence-electron chi connectivity index (χ3n) is 3.95. The van der Waals surface area contributed by atoms with Gasteiger partial charge in [0.05, 0.1) is 6.61 Å². The molecule has 4 heteroatoms. The summed E-state index contributed by atoms with van der Waals surface area (Å²) in [6.07, 6.45) is 2.14. The molecule has 2 nitrogen and oxygen atoms in total. The van der Waals surface area contributed by atoms with Crippen LogP contribution in [0.15, 0.2) is 6.07 Å². The SMILES string of the molecule is CCCNC1c2c(Cl)cc3c(c2CSC1C)OCC3. The van der Waals surface area contributed by atoms with Crippen molar-refractivity contribution in [3.05, 3.63) is 27.8 Å². The molecule has 1 aromatic rings. The van der Waals surface area contributed by atoms with E-state index in [-0.39, 0.29) is 0 Å². The Morgan fingerprint density at radius 1 is 1.53 bits per heavy atom. The van der Waals surface area contributed by atoms with Crippen LogP contribution in [0.25, 0.3) is 0 Å². The highest BCUT2D eigenvalue weighted by Crippen LogP contribution is 2.47. The molecule has 104 valence electrons. The quantitative estimate of drug-likeness (QED) is 0.913. The second-order valence-corrected chi connectivity index (χ2v) is 7.06. The summed E-state index contributed by atoms with van der Waals surface area (Å²) in [6.45, 7) is 6.31. The molecule has 0 amide bonds. The summed E-state index contributed by atoms with van der Waals surface area (Å²) in [7, 11) is 0. The van der Waals surface area contributed by atoms with Gasteiger partial charge in [0.2, 0.25) is 0 Å². The van der Waals surface area contributed by atoms with Crippen molar-refractivity contribution in [3.8, 4) is 5.75 Å². The van der Waals surface area contributed by atoms with Crippen molar-refractivity contribution in [2.45, 2.75) is 43.7 Å². The molecular weight excluding hydrogens is 278 g/mol. The van der Waals surface area contributed by atoms with Gasteiger partial charge in [-0.2, -0.15) is 11.8 Å². The molecule has 0 aliphatic carbocycles. The van der Waals surface area contributed by atoms with Gasteiger partial charge in [0.15, 0.2) is 0 Å². The van der Waals surface area contributed by atoms with E-state index in [2.05, 4.69) is 25.2 Å². The Kier molecular flexibility index (Phi) is 3.97. The number of ether oxygens (including phenoxy) is 1. The fraction of sp³-hybridized carbons (Fsp3) is 0.600. The molecule has 0 saturated carbocycles. The molecule has 0 fully saturated rings. The highest BCUT2D eigenvalue weighted by molar-refractivity contribution is 7.99. The fourth-order valence-electron chi connectivity index (χ4n) is 2.98. The normalized spacial score (nSPS) is 24.8. The first kappa shape index (κ1) is 13.6. The smallest absolute Gasteiger partial charge is 0.127 e. The molecule has 3 rings (SSSR count). The number of rotatable bonds is 3. The predicted octanol–water partition coefficient (Wildman–Crippen LogP) is 3.95. The Morgan fingerprint density at radius 2 is 2.37 bits per heavy atom. The van der Waals surface area contributed by atoms with E-state index in [1.807, 2.05) is 11.8 Å². The first-order valence-corrected chi connectivity index (χ1v) is 8.47. The molecular formula is C15H20ClNOS. The summed E-state index contributed by atoms with van der Waals surface area (Å²) in [4.78, 5) is 0. The van der Waals surface area contributed by atoms with Crippen LogP contribution < -0.4 is 10.1 Å². The standard InChI is InChI=1S/C15H20ClNOS/c1-3-5-17-14-9(2)19-8-11-13(14)12(16)7-10-4-6-18-15(10)11/h7,9,14,17H,3-6,8H2,1-2H3. The minimum absolute atomic E-state index is 0.343. The lowest BCUT2D eigenvalue weighted by molar-refractivity contribution is 0.353. The lowest BCUT2D eigenvalue weighted by atomic mass is 9.94. The highest BCUT2D eigenvalue weighted by atomic mass is 35.5. The first-order chi connectivity index (χ1) is 9.22. The van der Waals surface area contributed by atoms with E-state index in [0.29, 0.717) is 11.3 Å². The van der Waals surface area contributed by atoms with Gasteiger partial charge in [-0.1, -0.05) is 25.4 Å². The lowest BCUT2D eigenvalue weighted by Crippen LogP contribution is -2.33. The number of benzene rings is 1. The zero-order valence-electron chi connectivity index (χ0n) is 11.5. The summed E-state index contributed by atoms with van der Waals surface area (Å²) in [6, 6.07) is 2.46. The van der Waals surface area contributed by atoms with E-state index in [0.717, 1.165) is 42.5 Å². The average Bonchev–Trinajstić information content (AvgIpc) is 2.85. The topological polar surface area (TPSA) is 21.3 Å². The van der Waals surface area contributed by atoms with Gasteiger partial charge in [0.25, 0.3) is 0 Å². The minimum atomic E-state index is 0.343. The van der Waals surface area contributed by atoms with Crippen molar-refractivity contribution < 1.29 is 4.74 Å². The molecule has 19 heavy (non-hydrogen) atoms. The maximum Gasteiger partial charge on any atom is 0.127 e. The largest absolute Gasteiger partial charge is 0.493 e.